The molecule has 0 spiro atoms. The summed E-state index contributed by atoms with van der Waals surface area (Å²) in [4.78, 5) is 16.6. The lowest BCUT2D eigenvalue weighted by molar-refractivity contribution is 0.102. The Bertz CT molecular complexity index is 702. The molecule has 3 rings (SSSR count). The van der Waals surface area contributed by atoms with Crippen LogP contribution in [0.1, 0.15) is 47.7 Å². The van der Waals surface area contributed by atoms with Gasteiger partial charge in [-0.1, -0.05) is 19.8 Å². The number of nitrogens with zero attached hydrogens (tertiary/aromatic N) is 1. The Kier molecular flexibility index (Phi) is 4.78. The van der Waals surface area contributed by atoms with E-state index in [1.165, 1.54) is 11.3 Å². The minimum absolute atomic E-state index is 0.105. The van der Waals surface area contributed by atoms with Crippen molar-refractivity contribution in [3.05, 3.63) is 34.3 Å². The first-order chi connectivity index (χ1) is 11.2. The first-order valence-electron chi connectivity index (χ1n) is 7.59. The minimum Gasteiger partial charge on any atom is -0.454 e. The molecule has 0 fully saturated rings. The van der Waals surface area contributed by atoms with Gasteiger partial charge in [0.05, 0.1) is 6.04 Å². The lowest BCUT2D eigenvalue weighted by Crippen LogP contribution is -2.14. The highest BCUT2D eigenvalue weighted by Gasteiger charge is 2.17. The van der Waals surface area contributed by atoms with Crippen molar-refractivity contribution in [3.63, 3.8) is 0 Å². The summed E-state index contributed by atoms with van der Waals surface area (Å²) in [5.41, 5.74) is 7.12. The standard InChI is InChI=1S/C16H19N3O3S/c1-2-3-4-11(17)16-19-12(8-23-16)15(20)18-10-5-6-13-14(7-10)22-9-21-13/h5-8,11H,2-4,9,17H2,1H3,(H,18,20). The largest absolute Gasteiger partial charge is 0.454 e. The minimum atomic E-state index is -0.256. The summed E-state index contributed by atoms with van der Waals surface area (Å²) in [7, 11) is 0. The van der Waals surface area contributed by atoms with Crippen LogP contribution in [0.3, 0.4) is 0 Å². The number of thiazole rings is 1. The number of hydrogen-bond acceptors (Lipinski definition) is 6. The van der Waals surface area contributed by atoms with E-state index in [4.69, 9.17) is 15.2 Å². The van der Waals surface area contributed by atoms with Crippen molar-refractivity contribution < 1.29 is 14.3 Å². The van der Waals surface area contributed by atoms with Crippen molar-refractivity contribution in [3.8, 4) is 11.5 Å². The van der Waals surface area contributed by atoms with Crippen LogP contribution >= 0.6 is 11.3 Å². The lowest BCUT2D eigenvalue weighted by Gasteiger charge is -2.07. The number of carbonyl (C=O) groups is 1. The third-order valence-corrected chi connectivity index (χ3v) is 4.55. The van der Waals surface area contributed by atoms with E-state index in [9.17, 15) is 4.79 Å². The molecule has 1 atom stereocenters. The zero-order valence-electron chi connectivity index (χ0n) is 12.9. The number of nitrogens with one attached hydrogen (secondary N) is 1. The molecule has 7 heteroatoms. The zero-order chi connectivity index (χ0) is 16.2. The highest BCUT2D eigenvalue weighted by Crippen LogP contribution is 2.34. The summed E-state index contributed by atoms with van der Waals surface area (Å²) in [6, 6.07) is 5.17. The topological polar surface area (TPSA) is 86.5 Å². The van der Waals surface area contributed by atoms with E-state index in [1.807, 2.05) is 0 Å². The second-order valence-corrected chi connectivity index (χ2v) is 6.23. The normalized spacial score (nSPS) is 13.8. The number of nitrogens with two attached hydrogens (primary N) is 1. The van der Waals surface area contributed by atoms with Gasteiger partial charge in [0.15, 0.2) is 11.5 Å². The van der Waals surface area contributed by atoms with Gasteiger partial charge in [-0.05, 0) is 18.6 Å². The number of anilines is 1. The molecular formula is C16H19N3O3S. The molecule has 1 amide bonds. The fraction of sp³-hybridized carbons (Fsp3) is 0.375. The third-order valence-electron chi connectivity index (χ3n) is 3.57. The number of fused-ring (bicyclic) bond motifs is 1. The molecule has 0 bridgehead atoms. The predicted octanol–water partition coefficient (Wildman–Crippen LogP) is 3.31. The summed E-state index contributed by atoms with van der Waals surface area (Å²) in [5.74, 6) is 1.05. The number of unbranched alkanes of at least 4 members (excludes halogenated alkanes) is 1. The molecule has 3 N–H and O–H groups in total. The number of amides is 1. The van der Waals surface area contributed by atoms with Gasteiger partial charge in [-0.15, -0.1) is 11.3 Å². The molecule has 0 saturated heterocycles. The van der Waals surface area contributed by atoms with E-state index in [0.717, 1.165) is 24.3 Å². The fourth-order valence-electron chi connectivity index (χ4n) is 2.28. The molecule has 1 aliphatic heterocycles. The van der Waals surface area contributed by atoms with Crippen molar-refractivity contribution in [2.24, 2.45) is 5.73 Å². The van der Waals surface area contributed by atoms with Gasteiger partial charge in [-0.25, -0.2) is 4.98 Å². The summed E-state index contributed by atoms with van der Waals surface area (Å²) in [6.45, 7) is 2.33. The summed E-state index contributed by atoms with van der Waals surface area (Å²) >= 11 is 1.43. The van der Waals surface area contributed by atoms with E-state index in [-0.39, 0.29) is 18.7 Å². The lowest BCUT2D eigenvalue weighted by atomic mass is 10.1. The average Bonchev–Trinajstić information content (AvgIpc) is 3.21. The highest BCUT2D eigenvalue weighted by atomic mass is 32.1. The van der Waals surface area contributed by atoms with Crippen LogP contribution in [0.2, 0.25) is 0 Å². The van der Waals surface area contributed by atoms with E-state index < -0.39 is 0 Å². The van der Waals surface area contributed by atoms with Gasteiger partial charge in [0.2, 0.25) is 6.79 Å². The number of aromatic nitrogens is 1. The van der Waals surface area contributed by atoms with Crippen molar-refractivity contribution in [1.82, 2.24) is 4.98 Å². The van der Waals surface area contributed by atoms with Crippen LogP contribution in [0, 0.1) is 0 Å². The number of ether oxygens (including phenoxy) is 2. The van der Waals surface area contributed by atoms with Gasteiger partial charge in [-0.2, -0.15) is 0 Å². The Morgan fingerprint density at radius 2 is 2.26 bits per heavy atom. The van der Waals surface area contributed by atoms with Crippen molar-refractivity contribution in [2.45, 2.75) is 32.2 Å². The monoisotopic (exact) mass is 333 g/mol. The van der Waals surface area contributed by atoms with Crippen LogP contribution < -0.4 is 20.5 Å². The fourth-order valence-corrected chi connectivity index (χ4v) is 3.11. The molecule has 2 heterocycles. The van der Waals surface area contributed by atoms with Crippen molar-refractivity contribution in [1.29, 1.82) is 0 Å². The molecule has 23 heavy (non-hydrogen) atoms. The van der Waals surface area contributed by atoms with Gasteiger partial charge >= 0.3 is 0 Å². The van der Waals surface area contributed by atoms with Crippen molar-refractivity contribution >= 4 is 22.9 Å². The summed E-state index contributed by atoms with van der Waals surface area (Å²) in [6.07, 6.45) is 3.03. The number of hydrogen-bond donors (Lipinski definition) is 2. The van der Waals surface area contributed by atoms with Crippen molar-refractivity contribution in [2.75, 3.05) is 12.1 Å². The van der Waals surface area contributed by atoms with E-state index >= 15 is 0 Å². The van der Waals surface area contributed by atoms with Crippen LogP contribution in [0.25, 0.3) is 0 Å². The predicted molar refractivity (Wildman–Crippen MR) is 89.1 cm³/mol. The molecule has 0 saturated carbocycles. The molecule has 1 aromatic heterocycles. The average molecular weight is 333 g/mol. The van der Waals surface area contributed by atoms with Gasteiger partial charge in [0.1, 0.15) is 10.7 Å². The second-order valence-electron chi connectivity index (χ2n) is 5.34. The first-order valence-corrected chi connectivity index (χ1v) is 8.47. The van der Waals surface area contributed by atoms with E-state index in [1.54, 1.807) is 23.6 Å². The maximum atomic E-state index is 12.3. The Hall–Kier alpha value is -2.12. The summed E-state index contributed by atoms with van der Waals surface area (Å²) < 4.78 is 10.5. The number of rotatable bonds is 6. The van der Waals surface area contributed by atoms with Crippen LogP contribution in [-0.2, 0) is 0 Å². The molecule has 122 valence electrons. The maximum absolute atomic E-state index is 12.3. The van der Waals surface area contributed by atoms with Crippen LogP contribution in [0.5, 0.6) is 11.5 Å². The maximum Gasteiger partial charge on any atom is 0.275 e. The molecule has 6 nitrogen and oxygen atoms in total. The summed E-state index contributed by atoms with van der Waals surface area (Å²) in [5, 5.41) is 5.35. The molecule has 2 aromatic rings. The van der Waals surface area contributed by atoms with Gasteiger partial charge in [0, 0.05) is 17.1 Å². The quantitative estimate of drug-likeness (QED) is 0.847. The zero-order valence-corrected chi connectivity index (χ0v) is 13.7. The Balaban J connectivity index is 1.65. The highest BCUT2D eigenvalue weighted by molar-refractivity contribution is 7.09. The molecule has 0 radical (unpaired) electrons. The molecule has 1 aliphatic rings. The SMILES string of the molecule is CCCCC(N)c1nc(C(=O)Nc2ccc3c(c2)OCO3)cs1. The van der Waals surface area contributed by atoms with Crippen LogP contribution in [0.15, 0.2) is 23.6 Å². The van der Waals surface area contributed by atoms with E-state index in [2.05, 4.69) is 17.2 Å². The van der Waals surface area contributed by atoms with E-state index in [0.29, 0.717) is 22.9 Å². The number of carbonyl (C=O) groups excluding carboxylic acids is 1. The molecule has 0 aliphatic carbocycles. The molecular weight excluding hydrogens is 314 g/mol. The Morgan fingerprint density at radius 1 is 1.43 bits per heavy atom. The van der Waals surface area contributed by atoms with Gasteiger partial charge in [-0.3, -0.25) is 4.79 Å². The smallest absolute Gasteiger partial charge is 0.275 e. The molecule has 1 unspecified atom stereocenters. The van der Waals surface area contributed by atoms with Crippen LogP contribution in [0.4, 0.5) is 5.69 Å². The number of benzene rings is 1. The van der Waals surface area contributed by atoms with Gasteiger partial charge in [0.25, 0.3) is 5.91 Å². The first kappa shape index (κ1) is 15.8. The second kappa shape index (κ2) is 6.97. The molecule has 1 aromatic carbocycles. The van der Waals surface area contributed by atoms with Gasteiger partial charge < -0.3 is 20.5 Å². The van der Waals surface area contributed by atoms with Crippen LogP contribution in [-0.4, -0.2) is 17.7 Å². The third kappa shape index (κ3) is 3.62. The Morgan fingerprint density at radius 3 is 3.09 bits per heavy atom. The Labute approximate surface area is 138 Å².